The molecule has 0 radical (unpaired) electrons. The quantitative estimate of drug-likeness (QED) is 0.761. The van der Waals surface area contributed by atoms with Crippen molar-refractivity contribution in [2.45, 2.75) is 19.4 Å². The Morgan fingerprint density at radius 2 is 1.83 bits per heavy atom. The van der Waals surface area contributed by atoms with Crippen molar-refractivity contribution in [1.82, 2.24) is 0 Å². The first-order valence-corrected chi connectivity index (χ1v) is 7.96. The Kier molecular flexibility index (Phi) is 7.05. The van der Waals surface area contributed by atoms with Crippen LogP contribution < -0.4 is 4.74 Å². The summed E-state index contributed by atoms with van der Waals surface area (Å²) in [5.74, 6) is -0.192. The van der Waals surface area contributed by atoms with E-state index in [-0.39, 0.29) is 0 Å². The molecular weight excluding hydrogens is 304 g/mol. The molecule has 0 aromatic heterocycles. The van der Waals surface area contributed by atoms with Crippen molar-refractivity contribution in [2.24, 2.45) is 0 Å². The van der Waals surface area contributed by atoms with E-state index in [1.807, 2.05) is 66.7 Å². The maximum atomic E-state index is 11.1. The first-order valence-electron chi connectivity index (χ1n) is 7.96. The zero-order chi connectivity index (χ0) is 17.2. The van der Waals surface area contributed by atoms with E-state index in [2.05, 4.69) is 0 Å². The van der Waals surface area contributed by atoms with Gasteiger partial charge in [0, 0.05) is 13.0 Å². The predicted octanol–water partition coefficient (Wildman–Crippen LogP) is 3.81. The first kappa shape index (κ1) is 17.8. The average Bonchev–Trinajstić information content (AvgIpc) is 2.60. The van der Waals surface area contributed by atoms with Crippen LogP contribution in [0.2, 0.25) is 0 Å². The summed E-state index contributed by atoms with van der Waals surface area (Å²) in [5, 5.41) is 9.10. The maximum Gasteiger partial charge on any atom is 0.333 e. The van der Waals surface area contributed by atoms with Gasteiger partial charge in [0.2, 0.25) is 0 Å². The van der Waals surface area contributed by atoms with Crippen LogP contribution in [-0.2, 0) is 16.0 Å². The van der Waals surface area contributed by atoms with E-state index in [1.54, 1.807) is 6.92 Å². The van der Waals surface area contributed by atoms with Gasteiger partial charge in [0.25, 0.3) is 0 Å². The Labute approximate surface area is 142 Å². The van der Waals surface area contributed by atoms with Crippen molar-refractivity contribution in [1.29, 1.82) is 0 Å². The number of rotatable bonds is 9. The second-order valence-electron chi connectivity index (χ2n) is 5.25. The van der Waals surface area contributed by atoms with Crippen LogP contribution in [0.4, 0.5) is 0 Å². The lowest BCUT2D eigenvalue weighted by molar-refractivity contribution is -0.149. The molecule has 24 heavy (non-hydrogen) atoms. The van der Waals surface area contributed by atoms with E-state index in [1.165, 1.54) is 0 Å². The van der Waals surface area contributed by atoms with E-state index in [4.69, 9.17) is 14.6 Å². The van der Waals surface area contributed by atoms with Crippen LogP contribution in [0.1, 0.15) is 18.1 Å². The fraction of sp³-hybridized carbons (Fsp3) is 0.250. The van der Waals surface area contributed by atoms with Gasteiger partial charge in [-0.05, 0) is 36.3 Å². The molecule has 1 atom stereocenters. The number of hydrogen-bond donors (Lipinski definition) is 1. The lowest BCUT2D eigenvalue weighted by Gasteiger charge is -2.12. The number of carboxylic acids is 1. The zero-order valence-corrected chi connectivity index (χ0v) is 13.7. The molecule has 0 aliphatic rings. The van der Waals surface area contributed by atoms with Gasteiger partial charge in [-0.25, -0.2) is 4.79 Å². The normalized spacial score (nSPS) is 12.2. The van der Waals surface area contributed by atoms with E-state index >= 15 is 0 Å². The topological polar surface area (TPSA) is 55.8 Å². The lowest BCUT2D eigenvalue weighted by Crippen LogP contribution is -2.26. The fourth-order valence-corrected chi connectivity index (χ4v) is 2.25. The third-order valence-corrected chi connectivity index (χ3v) is 3.44. The molecule has 4 heteroatoms. The van der Waals surface area contributed by atoms with Gasteiger partial charge in [0.1, 0.15) is 12.4 Å². The number of aliphatic carboxylic acids is 1. The van der Waals surface area contributed by atoms with Gasteiger partial charge < -0.3 is 14.6 Å². The number of carbonyl (C=O) groups is 1. The van der Waals surface area contributed by atoms with Crippen molar-refractivity contribution in [3.63, 3.8) is 0 Å². The molecule has 0 saturated heterocycles. The summed E-state index contributed by atoms with van der Waals surface area (Å²) in [7, 11) is 0. The van der Waals surface area contributed by atoms with E-state index in [0.29, 0.717) is 19.6 Å². The molecule has 0 spiro atoms. The third kappa shape index (κ3) is 5.89. The van der Waals surface area contributed by atoms with Crippen LogP contribution in [-0.4, -0.2) is 30.4 Å². The molecule has 2 aromatic rings. The van der Waals surface area contributed by atoms with E-state index < -0.39 is 12.1 Å². The predicted molar refractivity (Wildman–Crippen MR) is 94.2 cm³/mol. The summed E-state index contributed by atoms with van der Waals surface area (Å²) in [6, 6.07) is 17.4. The first-order chi connectivity index (χ1) is 11.7. The van der Waals surface area contributed by atoms with Gasteiger partial charge in [-0.1, -0.05) is 48.5 Å². The summed E-state index contributed by atoms with van der Waals surface area (Å²) in [5.41, 5.74) is 2.04. The second kappa shape index (κ2) is 9.53. The zero-order valence-electron chi connectivity index (χ0n) is 13.7. The molecule has 2 rings (SSSR count). The van der Waals surface area contributed by atoms with Gasteiger partial charge >= 0.3 is 5.97 Å². The van der Waals surface area contributed by atoms with Gasteiger partial charge in [-0.15, -0.1) is 0 Å². The van der Waals surface area contributed by atoms with Crippen molar-refractivity contribution < 1.29 is 19.4 Å². The van der Waals surface area contributed by atoms with Gasteiger partial charge in [-0.3, -0.25) is 0 Å². The van der Waals surface area contributed by atoms with Crippen molar-refractivity contribution >= 4 is 12.0 Å². The Bertz CT molecular complexity index is 647. The molecule has 0 saturated carbocycles. The third-order valence-electron chi connectivity index (χ3n) is 3.44. The summed E-state index contributed by atoms with van der Waals surface area (Å²) in [6.07, 6.45) is 3.50. The Hall–Kier alpha value is -2.59. The number of ether oxygens (including phenoxy) is 2. The highest BCUT2D eigenvalue weighted by Crippen LogP contribution is 2.15. The van der Waals surface area contributed by atoms with Crippen LogP contribution in [0.15, 0.2) is 60.7 Å². The highest BCUT2D eigenvalue weighted by atomic mass is 16.5. The molecular formula is C20H22O4. The monoisotopic (exact) mass is 326 g/mol. The Morgan fingerprint density at radius 1 is 1.12 bits per heavy atom. The molecule has 0 amide bonds. The van der Waals surface area contributed by atoms with Crippen LogP contribution in [0, 0.1) is 0 Å². The second-order valence-corrected chi connectivity index (χ2v) is 5.25. The number of hydrogen-bond acceptors (Lipinski definition) is 3. The van der Waals surface area contributed by atoms with Gasteiger partial charge in [0.05, 0.1) is 0 Å². The molecule has 4 nitrogen and oxygen atoms in total. The summed E-state index contributed by atoms with van der Waals surface area (Å²) < 4.78 is 10.9. The van der Waals surface area contributed by atoms with E-state index in [0.717, 1.165) is 16.9 Å². The molecule has 2 aromatic carbocycles. The van der Waals surface area contributed by atoms with Crippen LogP contribution in [0.5, 0.6) is 5.75 Å². The Morgan fingerprint density at radius 3 is 2.46 bits per heavy atom. The molecule has 126 valence electrons. The highest BCUT2D eigenvalue weighted by molar-refractivity contribution is 5.72. The molecule has 1 unspecified atom stereocenters. The lowest BCUT2D eigenvalue weighted by atomic mass is 10.1. The molecule has 0 fully saturated rings. The standard InChI is InChI=1S/C20H22O4/c1-2-23-19(20(21)22)15-17-10-12-18(13-11-17)24-14-6-9-16-7-4-3-5-8-16/h3-13,19H,2,14-15H2,1H3,(H,21,22). The van der Waals surface area contributed by atoms with Gasteiger partial charge in [0.15, 0.2) is 6.10 Å². The fourth-order valence-electron chi connectivity index (χ4n) is 2.25. The summed E-state index contributed by atoms with van der Waals surface area (Å²) >= 11 is 0. The summed E-state index contributed by atoms with van der Waals surface area (Å²) in [4.78, 5) is 11.1. The minimum atomic E-state index is -0.941. The molecule has 0 heterocycles. The van der Waals surface area contributed by atoms with Crippen LogP contribution in [0.25, 0.3) is 6.08 Å². The van der Waals surface area contributed by atoms with Crippen molar-refractivity contribution in [3.8, 4) is 5.75 Å². The van der Waals surface area contributed by atoms with Crippen LogP contribution in [0.3, 0.4) is 0 Å². The van der Waals surface area contributed by atoms with Crippen molar-refractivity contribution in [3.05, 3.63) is 71.8 Å². The average molecular weight is 326 g/mol. The van der Waals surface area contributed by atoms with Crippen LogP contribution >= 0.6 is 0 Å². The smallest absolute Gasteiger partial charge is 0.333 e. The molecule has 0 bridgehead atoms. The maximum absolute atomic E-state index is 11.1. The van der Waals surface area contributed by atoms with E-state index in [9.17, 15) is 4.79 Å². The van der Waals surface area contributed by atoms with Gasteiger partial charge in [-0.2, -0.15) is 0 Å². The summed E-state index contributed by atoms with van der Waals surface area (Å²) in [6.45, 7) is 2.65. The molecule has 0 aliphatic heterocycles. The largest absolute Gasteiger partial charge is 0.490 e. The van der Waals surface area contributed by atoms with Crippen molar-refractivity contribution in [2.75, 3.05) is 13.2 Å². The number of carboxylic acid groups (broad SMARTS) is 1. The Balaban J connectivity index is 1.83. The minimum absolute atomic E-state index is 0.345. The molecule has 1 N–H and O–H groups in total. The highest BCUT2D eigenvalue weighted by Gasteiger charge is 2.17. The number of benzene rings is 2. The SMILES string of the molecule is CCOC(Cc1ccc(OCC=Cc2ccccc2)cc1)C(=O)O. The molecule has 0 aliphatic carbocycles. The minimum Gasteiger partial charge on any atom is -0.490 e.